The zero-order valence-electron chi connectivity index (χ0n) is 10.8. The Balaban J connectivity index is 2.02. The predicted octanol–water partition coefficient (Wildman–Crippen LogP) is 3.68. The Morgan fingerprint density at radius 3 is 3.06 bits per heavy atom. The van der Waals surface area contributed by atoms with E-state index in [1.165, 1.54) is 39.2 Å². The van der Waals surface area contributed by atoms with Crippen LogP contribution in [-0.4, -0.2) is 19.4 Å². The fraction of sp³-hybridized carbons (Fsp3) is 0.786. The minimum atomic E-state index is -0.550. The lowest BCUT2D eigenvalue weighted by molar-refractivity contribution is 0.0130. The number of allylic oxidation sites excluding steroid dienone is 1. The van der Waals surface area contributed by atoms with Crippen LogP contribution in [0, 0.1) is 11.8 Å². The van der Waals surface area contributed by atoms with Crippen molar-refractivity contribution in [3.63, 3.8) is 0 Å². The van der Waals surface area contributed by atoms with Crippen LogP contribution < -0.4 is 0 Å². The Kier molecular flexibility index (Phi) is 4.08. The predicted molar refractivity (Wildman–Crippen MR) is 65.7 cm³/mol. The monoisotopic (exact) mass is 238 g/mol. The number of rotatable bonds is 3. The van der Waals surface area contributed by atoms with E-state index >= 15 is 0 Å². The molecule has 0 amide bonds. The first kappa shape index (κ1) is 12.5. The molecule has 0 aromatic rings. The normalized spacial score (nSPS) is 29.2. The third kappa shape index (κ3) is 3.02. The third-order valence-electron chi connectivity index (χ3n) is 4.01. The van der Waals surface area contributed by atoms with Gasteiger partial charge in [-0.05, 0) is 44.4 Å². The molecule has 96 valence electrons. The van der Waals surface area contributed by atoms with Crippen molar-refractivity contribution in [2.24, 2.45) is 11.8 Å². The molecule has 0 saturated heterocycles. The molecule has 1 fully saturated rings. The van der Waals surface area contributed by atoms with Gasteiger partial charge in [-0.1, -0.05) is 18.6 Å². The first-order valence-electron chi connectivity index (χ1n) is 6.67. The van der Waals surface area contributed by atoms with Crippen molar-refractivity contribution in [1.29, 1.82) is 0 Å². The molecule has 17 heavy (non-hydrogen) atoms. The minimum Gasteiger partial charge on any atom is -0.438 e. The van der Waals surface area contributed by atoms with E-state index in [0.717, 1.165) is 12.3 Å². The van der Waals surface area contributed by atoms with Gasteiger partial charge < -0.3 is 9.47 Å². The van der Waals surface area contributed by atoms with Crippen LogP contribution in [0.4, 0.5) is 4.79 Å². The van der Waals surface area contributed by atoms with Crippen molar-refractivity contribution in [2.75, 3.05) is 7.11 Å². The summed E-state index contributed by atoms with van der Waals surface area (Å²) in [6.45, 7) is 2.07. The largest absolute Gasteiger partial charge is 0.508 e. The highest BCUT2D eigenvalue weighted by Crippen LogP contribution is 2.40. The summed E-state index contributed by atoms with van der Waals surface area (Å²) in [5.41, 5.74) is 1.57. The topological polar surface area (TPSA) is 35.5 Å². The average molecular weight is 238 g/mol. The van der Waals surface area contributed by atoms with Crippen LogP contribution in [0.1, 0.15) is 45.4 Å². The van der Waals surface area contributed by atoms with Gasteiger partial charge >= 0.3 is 6.16 Å². The fourth-order valence-corrected chi connectivity index (χ4v) is 3.21. The highest BCUT2D eigenvalue weighted by molar-refractivity contribution is 5.59. The summed E-state index contributed by atoms with van der Waals surface area (Å²) < 4.78 is 9.93. The maximum absolute atomic E-state index is 11.2. The van der Waals surface area contributed by atoms with E-state index < -0.39 is 6.16 Å². The van der Waals surface area contributed by atoms with E-state index in [-0.39, 0.29) is 6.10 Å². The second kappa shape index (κ2) is 5.56. The molecular weight excluding hydrogens is 216 g/mol. The lowest BCUT2D eigenvalue weighted by Crippen LogP contribution is -2.30. The second-order valence-electron chi connectivity index (χ2n) is 5.21. The molecule has 2 aliphatic rings. The van der Waals surface area contributed by atoms with Crippen LogP contribution in [-0.2, 0) is 9.47 Å². The van der Waals surface area contributed by atoms with Gasteiger partial charge in [-0.25, -0.2) is 4.79 Å². The Bertz CT molecular complexity index is 309. The third-order valence-corrected chi connectivity index (χ3v) is 4.01. The number of fused-ring (bicyclic) bond motifs is 2. The zero-order valence-corrected chi connectivity index (χ0v) is 10.8. The molecule has 3 nitrogen and oxygen atoms in total. The van der Waals surface area contributed by atoms with Crippen molar-refractivity contribution in [3.05, 3.63) is 11.6 Å². The van der Waals surface area contributed by atoms with Crippen LogP contribution in [0.3, 0.4) is 0 Å². The first-order chi connectivity index (χ1) is 8.22. The van der Waals surface area contributed by atoms with Crippen molar-refractivity contribution in [3.8, 4) is 0 Å². The van der Waals surface area contributed by atoms with Crippen LogP contribution in [0.15, 0.2) is 11.6 Å². The van der Waals surface area contributed by atoms with E-state index in [9.17, 15) is 4.79 Å². The molecule has 0 aromatic heterocycles. The van der Waals surface area contributed by atoms with Crippen LogP contribution in [0.25, 0.3) is 0 Å². The Morgan fingerprint density at radius 1 is 1.59 bits per heavy atom. The maximum Gasteiger partial charge on any atom is 0.508 e. The SMILES string of the molecule is CCC(OC(=O)OC)C1C=C2CCCC(C2)C1. The van der Waals surface area contributed by atoms with Gasteiger partial charge in [0.05, 0.1) is 7.11 Å². The van der Waals surface area contributed by atoms with Crippen molar-refractivity contribution >= 4 is 6.16 Å². The molecule has 3 heteroatoms. The summed E-state index contributed by atoms with van der Waals surface area (Å²) in [5.74, 6) is 1.21. The molecule has 1 saturated carbocycles. The Morgan fingerprint density at radius 2 is 2.41 bits per heavy atom. The molecule has 0 N–H and O–H groups in total. The van der Waals surface area contributed by atoms with Gasteiger partial charge in [0.1, 0.15) is 6.10 Å². The van der Waals surface area contributed by atoms with E-state index in [4.69, 9.17) is 4.74 Å². The zero-order chi connectivity index (χ0) is 12.3. The van der Waals surface area contributed by atoms with Crippen molar-refractivity contribution < 1.29 is 14.3 Å². The molecule has 0 radical (unpaired) electrons. The highest BCUT2D eigenvalue weighted by Gasteiger charge is 2.31. The first-order valence-corrected chi connectivity index (χ1v) is 6.67. The summed E-state index contributed by atoms with van der Waals surface area (Å²) in [6, 6.07) is 0. The lowest BCUT2D eigenvalue weighted by Gasteiger charge is -2.35. The minimum absolute atomic E-state index is 0.0154. The molecule has 3 atom stereocenters. The molecule has 2 aliphatic carbocycles. The smallest absolute Gasteiger partial charge is 0.438 e. The van der Waals surface area contributed by atoms with Gasteiger partial charge in [-0.2, -0.15) is 0 Å². The number of ether oxygens (including phenoxy) is 2. The van der Waals surface area contributed by atoms with Crippen LogP contribution >= 0.6 is 0 Å². The van der Waals surface area contributed by atoms with Crippen LogP contribution in [0.5, 0.6) is 0 Å². The van der Waals surface area contributed by atoms with E-state index in [2.05, 4.69) is 17.7 Å². The van der Waals surface area contributed by atoms with Crippen molar-refractivity contribution in [2.45, 2.75) is 51.6 Å². The number of carbonyl (C=O) groups excluding carboxylic acids is 1. The molecule has 0 aliphatic heterocycles. The quantitative estimate of drug-likeness (QED) is 0.555. The highest BCUT2D eigenvalue weighted by atomic mass is 16.7. The van der Waals surface area contributed by atoms with Gasteiger partial charge in [0, 0.05) is 5.92 Å². The number of hydrogen-bond donors (Lipinski definition) is 0. The molecular formula is C14H22O3. The molecule has 0 heterocycles. The summed E-state index contributed by atoms with van der Waals surface area (Å²) >= 11 is 0. The number of methoxy groups -OCH3 is 1. The van der Waals surface area contributed by atoms with Gasteiger partial charge in [0.25, 0.3) is 0 Å². The fourth-order valence-electron chi connectivity index (χ4n) is 3.21. The summed E-state index contributed by atoms with van der Waals surface area (Å²) in [4.78, 5) is 11.2. The maximum atomic E-state index is 11.2. The van der Waals surface area contributed by atoms with E-state index in [1.54, 1.807) is 5.57 Å². The van der Waals surface area contributed by atoms with Gasteiger partial charge in [0.15, 0.2) is 0 Å². The average Bonchev–Trinajstić information content (AvgIpc) is 2.35. The van der Waals surface area contributed by atoms with Crippen molar-refractivity contribution in [1.82, 2.24) is 0 Å². The molecule has 2 rings (SSSR count). The standard InChI is InChI=1S/C14H22O3/c1-3-13(17-14(15)16-2)12-8-10-5-4-6-11(7-10)9-12/h8,11-13H,3-7,9H2,1-2H3. The van der Waals surface area contributed by atoms with Gasteiger partial charge in [-0.15, -0.1) is 0 Å². The van der Waals surface area contributed by atoms with Gasteiger partial charge in [0.2, 0.25) is 0 Å². The van der Waals surface area contributed by atoms with Gasteiger partial charge in [-0.3, -0.25) is 0 Å². The molecule has 3 unspecified atom stereocenters. The summed E-state index contributed by atoms with van der Waals surface area (Å²) in [5, 5.41) is 0. The number of hydrogen-bond acceptors (Lipinski definition) is 3. The summed E-state index contributed by atoms with van der Waals surface area (Å²) in [7, 11) is 1.36. The summed E-state index contributed by atoms with van der Waals surface area (Å²) in [6.07, 6.45) is 8.99. The van der Waals surface area contributed by atoms with E-state index in [1.807, 2.05) is 0 Å². The Labute approximate surface area is 103 Å². The van der Waals surface area contributed by atoms with Crippen LogP contribution in [0.2, 0.25) is 0 Å². The molecule has 2 bridgehead atoms. The van der Waals surface area contributed by atoms with E-state index in [0.29, 0.717) is 5.92 Å². The lowest BCUT2D eigenvalue weighted by atomic mass is 9.73. The molecule has 0 spiro atoms. The Hall–Kier alpha value is -0.990. The molecule has 0 aromatic carbocycles. The second-order valence-corrected chi connectivity index (χ2v) is 5.21. The number of carbonyl (C=O) groups is 1.